The van der Waals surface area contributed by atoms with Gasteiger partial charge in [0, 0.05) is 16.7 Å². The molecule has 1 aromatic heterocycles. The van der Waals surface area contributed by atoms with Crippen LogP contribution in [0.3, 0.4) is 0 Å². The zero-order valence-corrected chi connectivity index (χ0v) is 13.1. The van der Waals surface area contributed by atoms with E-state index in [-0.39, 0.29) is 5.43 Å². The fourth-order valence-electron chi connectivity index (χ4n) is 2.17. The first-order chi connectivity index (χ1) is 10.7. The van der Waals surface area contributed by atoms with Crippen LogP contribution in [0.4, 0.5) is 0 Å². The molecule has 3 nitrogen and oxygen atoms in total. The highest BCUT2D eigenvalue weighted by molar-refractivity contribution is 7.99. The molecule has 0 fully saturated rings. The molecule has 0 spiro atoms. The second-order valence-corrected chi connectivity index (χ2v) is 6.09. The third-order valence-corrected chi connectivity index (χ3v) is 4.26. The van der Waals surface area contributed by atoms with Crippen molar-refractivity contribution in [3.8, 4) is 5.75 Å². The normalized spacial score (nSPS) is 10.8. The van der Waals surface area contributed by atoms with Crippen LogP contribution in [0, 0.1) is 6.92 Å². The van der Waals surface area contributed by atoms with Crippen LogP contribution in [0.15, 0.2) is 68.9 Å². The van der Waals surface area contributed by atoms with E-state index >= 15 is 0 Å². The minimum atomic E-state index is -0.0805. The third-order valence-electron chi connectivity index (χ3n) is 3.28. The molecule has 0 aliphatic heterocycles. The number of thioether (sulfide) groups is 1. The van der Waals surface area contributed by atoms with Crippen molar-refractivity contribution in [3.05, 3.63) is 70.6 Å². The van der Waals surface area contributed by atoms with Crippen molar-refractivity contribution in [1.29, 1.82) is 0 Å². The van der Waals surface area contributed by atoms with Gasteiger partial charge in [-0.3, -0.25) is 4.79 Å². The third kappa shape index (κ3) is 3.34. The zero-order valence-electron chi connectivity index (χ0n) is 12.2. The summed E-state index contributed by atoms with van der Waals surface area (Å²) in [7, 11) is 0. The highest BCUT2D eigenvalue weighted by atomic mass is 32.2. The molecular formula is C18H16O3S. The van der Waals surface area contributed by atoms with Gasteiger partial charge >= 0.3 is 0 Å². The second-order valence-electron chi connectivity index (χ2n) is 4.92. The summed E-state index contributed by atoms with van der Waals surface area (Å²) in [5.41, 5.74) is 1.72. The Kier molecular flexibility index (Phi) is 4.49. The van der Waals surface area contributed by atoms with Crippen LogP contribution in [0.1, 0.15) is 5.56 Å². The van der Waals surface area contributed by atoms with E-state index in [1.165, 1.54) is 22.8 Å². The van der Waals surface area contributed by atoms with E-state index in [1.54, 1.807) is 23.9 Å². The Balaban J connectivity index is 1.65. The van der Waals surface area contributed by atoms with Crippen LogP contribution < -0.4 is 10.2 Å². The summed E-state index contributed by atoms with van der Waals surface area (Å²) in [6, 6.07) is 15.2. The van der Waals surface area contributed by atoms with Crippen molar-refractivity contribution in [3.63, 3.8) is 0 Å². The van der Waals surface area contributed by atoms with Crippen molar-refractivity contribution in [2.45, 2.75) is 11.8 Å². The van der Waals surface area contributed by atoms with Crippen molar-refractivity contribution in [2.75, 3.05) is 12.4 Å². The summed E-state index contributed by atoms with van der Waals surface area (Å²) in [6.45, 7) is 2.61. The summed E-state index contributed by atoms with van der Waals surface area (Å²) in [6.07, 6.45) is 1.40. The maximum absolute atomic E-state index is 11.9. The average Bonchev–Trinajstić information content (AvgIpc) is 2.53. The number of fused-ring (bicyclic) bond motifs is 1. The van der Waals surface area contributed by atoms with Gasteiger partial charge in [0.15, 0.2) is 5.43 Å². The van der Waals surface area contributed by atoms with Crippen LogP contribution in [0.25, 0.3) is 11.0 Å². The van der Waals surface area contributed by atoms with Gasteiger partial charge in [-0.1, -0.05) is 23.8 Å². The largest absolute Gasteiger partial charge is 0.492 e. The molecule has 0 aliphatic rings. The second kappa shape index (κ2) is 6.71. The van der Waals surface area contributed by atoms with Crippen LogP contribution in [-0.2, 0) is 0 Å². The van der Waals surface area contributed by atoms with Crippen LogP contribution in [-0.4, -0.2) is 12.4 Å². The Hall–Kier alpha value is -2.20. The first-order valence-corrected chi connectivity index (χ1v) is 8.05. The molecule has 2 aromatic carbocycles. The van der Waals surface area contributed by atoms with Crippen LogP contribution >= 0.6 is 11.8 Å². The van der Waals surface area contributed by atoms with E-state index < -0.39 is 0 Å². The molecule has 3 aromatic rings. The summed E-state index contributed by atoms with van der Waals surface area (Å²) in [5, 5.41) is 0.505. The van der Waals surface area contributed by atoms with Gasteiger partial charge in [-0.2, -0.15) is 0 Å². The van der Waals surface area contributed by atoms with Gasteiger partial charge in [0.25, 0.3) is 0 Å². The minimum absolute atomic E-state index is 0.0805. The van der Waals surface area contributed by atoms with Gasteiger partial charge in [0.1, 0.15) is 16.7 Å². The minimum Gasteiger partial charge on any atom is -0.492 e. The molecule has 0 amide bonds. The van der Waals surface area contributed by atoms with Gasteiger partial charge in [0.05, 0.1) is 12.9 Å². The zero-order chi connectivity index (χ0) is 15.4. The summed E-state index contributed by atoms with van der Waals surface area (Å²) < 4.78 is 11.1. The molecule has 0 radical (unpaired) electrons. The average molecular weight is 312 g/mol. The Morgan fingerprint density at radius 2 is 1.91 bits per heavy atom. The fraction of sp³-hybridized carbons (Fsp3) is 0.167. The predicted octanol–water partition coefficient (Wildman–Crippen LogP) is 4.27. The number of rotatable bonds is 5. The molecule has 0 aliphatic carbocycles. The highest BCUT2D eigenvalue weighted by Crippen LogP contribution is 2.23. The lowest BCUT2D eigenvalue weighted by Gasteiger charge is -2.08. The Labute approximate surface area is 132 Å². The first-order valence-electron chi connectivity index (χ1n) is 7.07. The lowest BCUT2D eigenvalue weighted by molar-refractivity contribution is 0.347. The first kappa shape index (κ1) is 14.7. The van der Waals surface area contributed by atoms with Gasteiger partial charge in [-0.25, -0.2) is 0 Å². The molecule has 0 N–H and O–H groups in total. The quantitative estimate of drug-likeness (QED) is 0.521. The van der Waals surface area contributed by atoms with Crippen molar-refractivity contribution in [2.24, 2.45) is 0 Å². The number of aryl methyl sites for hydroxylation is 1. The predicted molar refractivity (Wildman–Crippen MR) is 89.9 cm³/mol. The standard InChI is InChI=1S/C18H16O3S/c1-13-5-7-14(8-6-13)22-12-11-21-17-4-2-3-16-18(17)15(19)9-10-20-16/h2-10H,11-12H2,1H3. The fourth-order valence-corrected chi connectivity index (χ4v) is 2.90. The van der Waals surface area contributed by atoms with Crippen LogP contribution in [0.5, 0.6) is 5.75 Å². The maximum Gasteiger partial charge on any atom is 0.196 e. The number of hydrogen-bond donors (Lipinski definition) is 0. The molecule has 4 heteroatoms. The van der Waals surface area contributed by atoms with Gasteiger partial charge in [-0.05, 0) is 31.2 Å². The SMILES string of the molecule is Cc1ccc(SCCOc2cccc3occc(=O)c23)cc1. The van der Waals surface area contributed by atoms with Gasteiger partial charge in [-0.15, -0.1) is 11.8 Å². The Morgan fingerprint density at radius 3 is 2.73 bits per heavy atom. The molecule has 112 valence electrons. The molecular weight excluding hydrogens is 296 g/mol. The molecule has 0 atom stereocenters. The molecule has 0 saturated heterocycles. The molecule has 0 unspecified atom stereocenters. The summed E-state index contributed by atoms with van der Waals surface area (Å²) in [5.74, 6) is 1.40. The topological polar surface area (TPSA) is 39.4 Å². The number of hydrogen-bond acceptors (Lipinski definition) is 4. The molecule has 0 saturated carbocycles. The van der Waals surface area contributed by atoms with E-state index in [9.17, 15) is 4.79 Å². The van der Waals surface area contributed by atoms with Crippen molar-refractivity contribution < 1.29 is 9.15 Å². The Bertz CT molecular complexity index is 816. The molecule has 3 rings (SSSR count). The summed E-state index contributed by atoms with van der Waals surface area (Å²) in [4.78, 5) is 13.2. The van der Waals surface area contributed by atoms with Crippen molar-refractivity contribution in [1.82, 2.24) is 0 Å². The lowest BCUT2D eigenvalue weighted by Crippen LogP contribution is -2.05. The molecule has 22 heavy (non-hydrogen) atoms. The smallest absolute Gasteiger partial charge is 0.196 e. The van der Waals surface area contributed by atoms with E-state index in [0.29, 0.717) is 23.3 Å². The molecule has 1 heterocycles. The van der Waals surface area contributed by atoms with E-state index in [1.807, 2.05) is 6.07 Å². The van der Waals surface area contributed by atoms with Crippen LogP contribution in [0.2, 0.25) is 0 Å². The van der Waals surface area contributed by atoms with Gasteiger partial charge < -0.3 is 9.15 Å². The van der Waals surface area contributed by atoms with E-state index in [0.717, 1.165) is 5.75 Å². The van der Waals surface area contributed by atoms with Gasteiger partial charge in [0.2, 0.25) is 0 Å². The van der Waals surface area contributed by atoms with E-state index in [2.05, 4.69) is 31.2 Å². The lowest BCUT2D eigenvalue weighted by atomic mass is 10.2. The van der Waals surface area contributed by atoms with E-state index in [4.69, 9.17) is 9.15 Å². The highest BCUT2D eigenvalue weighted by Gasteiger charge is 2.07. The maximum atomic E-state index is 11.9. The van der Waals surface area contributed by atoms with Crippen molar-refractivity contribution >= 4 is 22.7 Å². The molecule has 0 bridgehead atoms. The number of benzene rings is 2. The number of ether oxygens (including phenoxy) is 1. The monoisotopic (exact) mass is 312 g/mol. The Morgan fingerprint density at radius 1 is 1.09 bits per heavy atom. The summed E-state index contributed by atoms with van der Waals surface area (Å²) >= 11 is 1.73.